The van der Waals surface area contributed by atoms with E-state index in [1.54, 1.807) is 31.2 Å². The standard InChI is InChI=1S/C21H23FN4O4/c1-2-29-20(28)17-18(16-4-3-13-30-16)23-21(24-19(17)27)26-11-9-25(10-12-26)15-7-5-14(22)6-8-15/h3-8,13,17-18H,2,9-12H2,1H3,(H,23,24,27)/t17-,18-/m1/s1. The highest BCUT2D eigenvalue weighted by Crippen LogP contribution is 2.31. The molecule has 0 radical (unpaired) electrons. The van der Waals surface area contributed by atoms with E-state index in [0.717, 1.165) is 5.69 Å². The third-order valence-corrected chi connectivity index (χ3v) is 5.24. The summed E-state index contributed by atoms with van der Waals surface area (Å²) in [6.07, 6.45) is 1.49. The molecule has 0 unspecified atom stereocenters. The number of esters is 1. The number of nitrogens with one attached hydrogen (secondary N) is 1. The van der Waals surface area contributed by atoms with Crippen molar-refractivity contribution in [3.63, 3.8) is 0 Å². The molecule has 4 rings (SSSR count). The van der Waals surface area contributed by atoms with Gasteiger partial charge in [0.2, 0.25) is 11.9 Å². The molecule has 0 bridgehead atoms. The molecule has 0 aliphatic carbocycles. The molecule has 158 valence electrons. The topological polar surface area (TPSA) is 87.4 Å². The number of rotatable bonds is 4. The van der Waals surface area contributed by atoms with E-state index < -0.39 is 23.8 Å². The van der Waals surface area contributed by atoms with Crippen molar-refractivity contribution in [2.45, 2.75) is 13.0 Å². The fraction of sp³-hybridized carbons (Fsp3) is 0.381. The predicted molar refractivity (Wildman–Crippen MR) is 107 cm³/mol. The number of hydrogen-bond acceptors (Lipinski definition) is 7. The van der Waals surface area contributed by atoms with Crippen LogP contribution >= 0.6 is 0 Å². The minimum absolute atomic E-state index is 0.176. The number of nitrogens with zero attached hydrogens (tertiary/aromatic N) is 3. The number of anilines is 1. The molecule has 1 aromatic heterocycles. The molecule has 3 heterocycles. The SMILES string of the molecule is CCOC(=O)[C@H]1C(=O)NC(N2CCN(c3ccc(F)cc3)CC2)=N[C@@H]1c1ccco1. The highest BCUT2D eigenvalue weighted by atomic mass is 19.1. The molecule has 1 aromatic carbocycles. The Hall–Kier alpha value is -3.36. The zero-order valence-corrected chi connectivity index (χ0v) is 16.6. The van der Waals surface area contributed by atoms with Crippen LogP contribution in [0.2, 0.25) is 0 Å². The second kappa shape index (κ2) is 8.56. The fourth-order valence-corrected chi connectivity index (χ4v) is 3.71. The molecule has 2 aliphatic heterocycles. The van der Waals surface area contributed by atoms with E-state index in [1.807, 2.05) is 4.90 Å². The van der Waals surface area contributed by atoms with Crippen LogP contribution in [0.4, 0.5) is 10.1 Å². The second-order valence-electron chi connectivity index (χ2n) is 7.08. The van der Waals surface area contributed by atoms with Gasteiger partial charge in [0.05, 0.1) is 12.9 Å². The number of guanidine groups is 1. The Balaban J connectivity index is 1.51. The zero-order chi connectivity index (χ0) is 21.1. The lowest BCUT2D eigenvalue weighted by molar-refractivity contribution is -0.153. The van der Waals surface area contributed by atoms with Crippen molar-refractivity contribution in [3.05, 3.63) is 54.2 Å². The average Bonchev–Trinajstić information content (AvgIpc) is 3.29. The van der Waals surface area contributed by atoms with Gasteiger partial charge in [-0.05, 0) is 43.3 Å². The summed E-state index contributed by atoms with van der Waals surface area (Å²) >= 11 is 0. The Morgan fingerprint density at radius 1 is 1.20 bits per heavy atom. The van der Waals surface area contributed by atoms with Gasteiger partial charge in [-0.2, -0.15) is 0 Å². The molecule has 30 heavy (non-hydrogen) atoms. The summed E-state index contributed by atoms with van der Waals surface area (Å²) in [6.45, 7) is 4.47. The third-order valence-electron chi connectivity index (χ3n) is 5.24. The van der Waals surface area contributed by atoms with Crippen molar-refractivity contribution in [2.24, 2.45) is 10.9 Å². The Morgan fingerprint density at radius 2 is 1.90 bits per heavy atom. The van der Waals surface area contributed by atoms with E-state index in [9.17, 15) is 14.0 Å². The van der Waals surface area contributed by atoms with Crippen molar-refractivity contribution < 1.29 is 23.1 Å². The van der Waals surface area contributed by atoms with Crippen LogP contribution in [0.5, 0.6) is 0 Å². The predicted octanol–water partition coefficient (Wildman–Crippen LogP) is 1.95. The van der Waals surface area contributed by atoms with E-state index in [2.05, 4.69) is 15.2 Å². The average molecular weight is 414 g/mol. The number of halogens is 1. The van der Waals surface area contributed by atoms with Crippen molar-refractivity contribution in [1.82, 2.24) is 10.2 Å². The number of benzene rings is 1. The lowest BCUT2D eigenvalue weighted by Gasteiger charge is -2.39. The first-order chi connectivity index (χ1) is 14.6. The minimum Gasteiger partial charge on any atom is -0.467 e. The number of piperazine rings is 1. The lowest BCUT2D eigenvalue weighted by atomic mass is 9.95. The van der Waals surface area contributed by atoms with E-state index in [1.165, 1.54) is 18.4 Å². The summed E-state index contributed by atoms with van der Waals surface area (Å²) in [7, 11) is 0. The van der Waals surface area contributed by atoms with Crippen LogP contribution < -0.4 is 10.2 Å². The molecule has 2 aromatic rings. The molecule has 2 atom stereocenters. The van der Waals surface area contributed by atoms with Gasteiger partial charge in [0.1, 0.15) is 17.6 Å². The molecule has 9 heteroatoms. The summed E-state index contributed by atoms with van der Waals surface area (Å²) in [5.41, 5.74) is 0.946. The minimum atomic E-state index is -1.10. The zero-order valence-electron chi connectivity index (χ0n) is 16.6. The molecule has 1 saturated heterocycles. The maximum atomic E-state index is 13.2. The Kier molecular flexibility index (Phi) is 5.69. The number of ether oxygens (including phenoxy) is 1. The number of carbonyl (C=O) groups is 2. The van der Waals surface area contributed by atoms with E-state index in [-0.39, 0.29) is 12.4 Å². The first-order valence-electron chi connectivity index (χ1n) is 9.91. The van der Waals surface area contributed by atoms with E-state index in [4.69, 9.17) is 9.15 Å². The van der Waals surface area contributed by atoms with E-state index in [0.29, 0.717) is 37.9 Å². The molecule has 1 N–H and O–H groups in total. The number of carbonyl (C=O) groups excluding carboxylic acids is 2. The van der Waals surface area contributed by atoms with Gasteiger partial charge in [0.25, 0.3) is 0 Å². The number of furan rings is 1. The molecule has 0 spiro atoms. The van der Waals surface area contributed by atoms with Crippen molar-refractivity contribution >= 4 is 23.5 Å². The maximum Gasteiger partial charge on any atom is 0.321 e. The monoisotopic (exact) mass is 414 g/mol. The Morgan fingerprint density at radius 3 is 2.53 bits per heavy atom. The lowest BCUT2D eigenvalue weighted by Crippen LogP contribution is -2.57. The molecule has 8 nitrogen and oxygen atoms in total. The second-order valence-corrected chi connectivity index (χ2v) is 7.08. The van der Waals surface area contributed by atoms with Crippen LogP contribution in [0.1, 0.15) is 18.7 Å². The highest BCUT2D eigenvalue weighted by Gasteiger charge is 2.43. The van der Waals surface area contributed by atoms with Gasteiger partial charge in [-0.25, -0.2) is 9.38 Å². The van der Waals surface area contributed by atoms with Crippen LogP contribution in [0.15, 0.2) is 52.1 Å². The Labute approximate surface area is 173 Å². The van der Waals surface area contributed by atoms with Gasteiger partial charge in [-0.1, -0.05) is 0 Å². The highest BCUT2D eigenvalue weighted by molar-refractivity contribution is 6.08. The quantitative estimate of drug-likeness (QED) is 0.608. The van der Waals surface area contributed by atoms with Gasteiger partial charge in [0.15, 0.2) is 5.92 Å². The van der Waals surface area contributed by atoms with Gasteiger partial charge in [0, 0.05) is 31.9 Å². The van der Waals surface area contributed by atoms with Crippen molar-refractivity contribution in [3.8, 4) is 0 Å². The normalized spacial score (nSPS) is 21.8. The van der Waals surface area contributed by atoms with Gasteiger partial charge in [-0.3, -0.25) is 14.9 Å². The summed E-state index contributed by atoms with van der Waals surface area (Å²) in [5, 5.41) is 2.76. The fourth-order valence-electron chi connectivity index (χ4n) is 3.71. The van der Waals surface area contributed by atoms with Crippen LogP contribution in [-0.4, -0.2) is 55.5 Å². The number of aliphatic imine (C=N–C) groups is 1. The van der Waals surface area contributed by atoms with Gasteiger partial charge >= 0.3 is 5.97 Å². The molecule has 2 aliphatic rings. The Bertz CT molecular complexity index is 921. The largest absolute Gasteiger partial charge is 0.467 e. The molecular weight excluding hydrogens is 391 g/mol. The van der Waals surface area contributed by atoms with E-state index >= 15 is 0 Å². The van der Waals surface area contributed by atoms with Crippen molar-refractivity contribution in [2.75, 3.05) is 37.7 Å². The summed E-state index contributed by atoms with van der Waals surface area (Å²) in [4.78, 5) is 33.9. The van der Waals surface area contributed by atoms with Crippen LogP contribution in [0, 0.1) is 11.7 Å². The maximum absolute atomic E-state index is 13.2. The molecule has 1 fully saturated rings. The molecule has 0 saturated carbocycles. The molecule has 1 amide bonds. The third kappa shape index (κ3) is 4.00. The van der Waals surface area contributed by atoms with Crippen LogP contribution in [-0.2, 0) is 14.3 Å². The number of hydrogen-bond donors (Lipinski definition) is 1. The van der Waals surface area contributed by atoms with Gasteiger partial charge in [-0.15, -0.1) is 0 Å². The molecular formula is C21H23FN4O4. The first kappa shape index (κ1) is 19.9. The van der Waals surface area contributed by atoms with Crippen LogP contribution in [0.3, 0.4) is 0 Å². The van der Waals surface area contributed by atoms with Crippen LogP contribution in [0.25, 0.3) is 0 Å². The summed E-state index contributed by atoms with van der Waals surface area (Å²) in [6, 6.07) is 9.00. The summed E-state index contributed by atoms with van der Waals surface area (Å²) < 4.78 is 23.7. The summed E-state index contributed by atoms with van der Waals surface area (Å²) in [5.74, 6) is -1.59. The van der Waals surface area contributed by atoms with Crippen molar-refractivity contribution in [1.29, 1.82) is 0 Å². The van der Waals surface area contributed by atoms with Gasteiger partial charge < -0.3 is 19.0 Å². The first-order valence-corrected chi connectivity index (χ1v) is 9.91. The number of amides is 1. The smallest absolute Gasteiger partial charge is 0.321 e.